The summed E-state index contributed by atoms with van der Waals surface area (Å²) in [5.74, 6) is -0.828. The molecule has 0 aliphatic heterocycles. The van der Waals surface area contributed by atoms with Crippen LogP contribution in [-0.4, -0.2) is 74.9 Å². The van der Waals surface area contributed by atoms with Crippen LogP contribution < -0.4 is 0 Å². The molecule has 0 aromatic heterocycles. The Morgan fingerprint density at radius 3 is 1.34 bits per heavy atom. The highest BCUT2D eigenvalue weighted by Crippen LogP contribution is 2.43. The minimum Gasteiger partial charge on any atom is -0.462 e. The molecule has 9 nitrogen and oxygen atoms in total. The quantitative estimate of drug-likeness (QED) is 0.0212. The monoisotopic (exact) mass is 881 g/mol. The molecule has 0 heterocycles. The Labute approximate surface area is 375 Å². The first-order valence-electron chi connectivity index (χ1n) is 24.9. The number of rotatable bonds is 45. The number of allylic oxidation sites excluding steroid dienone is 8. The second kappa shape index (κ2) is 43.2. The van der Waals surface area contributed by atoms with Gasteiger partial charge in [-0.15, -0.1) is 0 Å². The second-order valence-corrected chi connectivity index (χ2v) is 19.3. The number of hydrogen-bond donors (Lipinski definition) is 1. The molecule has 356 valence electrons. The maximum absolute atomic E-state index is 12.7. The van der Waals surface area contributed by atoms with Crippen molar-refractivity contribution < 1.29 is 42.1 Å². The minimum absolute atomic E-state index is 0.0250. The molecule has 61 heavy (non-hydrogen) atoms. The van der Waals surface area contributed by atoms with Crippen LogP contribution in [0.2, 0.25) is 0 Å². The highest BCUT2D eigenvalue weighted by molar-refractivity contribution is 7.47. The molecule has 0 aliphatic rings. The predicted octanol–water partition coefficient (Wildman–Crippen LogP) is 14.6. The zero-order chi connectivity index (χ0) is 45.0. The summed E-state index contributed by atoms with van der Waals surface area (Å²) in [6.45, 7) is 4.38. The molecule has 0 amide bonds. The van der Waals surface area contributed by atoms with Crippen LogP contribution in [-0.2, 0) is 32.7 Å². The van der Waals surface area contributed by atoms with E-state index in [0.717, 1.165) is 57.8 Å². The fraction of sp³-hybridized carbons (Fsp3) is 0.804. The molecule has 0 fully saturated rings. The summed E-state index contributed by atoms with van der Waals surface area (Å²) in [4.78, 5) is 35.5. The fourth-order valence-corrected chi connectivity index (χ4v) is 7.45. The second-order valence-electron chi connectivity index (χ2n) is 17.9. The van der Waals surface area contributed by atoms with Gasteiger partial charge in [-0.3, -0.25) is 18.6 Å². The van der Waals surface area contributed by atoms with E-state index in [9.17, 15) is 19.0 Å². The molecule has 0 saturated heterocycles. The van der Waals surface area contributed by atoms with Crippen molar-refractivity contribution in [1.82, 2.24) is 0 Å². The Balaban J connectivity index is 4.34. The molecule has 0 spiro atoms. The molecule has 1 unspecified atom stereocenters. The van der Waals surface area contributed by atoms with E-state index in [0.29, 0.717) is 17.4 Å². The number of unbranched alkanes of at least 4 members (excludes halogenated alkanes) is 23. The summed E-state index contributed by atoms with van der Waals surface area (Å²) in [5.41, 5.74) is 0. The van der Waals surface area contributed by atoms with Gasteiger partial charge in [0, 0.05) is 12.8 Å². The van der Waals surface area contributed by atoms with E-state index >= 15 is 0 Å². The van der Waals surface area contributed by atoms with Gasteiger partial charge in [-0.05, 0) is 57.8 Å². The molecule has 0 aromatic rings. The number of likely N-dealkylation sites (N-methyl/N-ethyl adjacent to an activating group) is 1. The van der Waals surface area contributed by atoms with Gasteiger partial charge >= 0.3 is 19.8 Å². The van der Waals surface area contributed by atoms with Crippen molar-refractivity contribution in [3.63, 3.8) is 0 Å². The van der Waals surface area contributed by atoms with Gasteiger partial charge in [0.25, 0.3) is 0 Å². The Morgan fingerprint density at radius 2 is 0.885 bits per heavy atom. The van der Waals surface area contributed by atoms with Gasteiger partial charge < -0.3 is 18.9 Å². The SMILES string of the molecule is CCCCC/C=C/C/C=C/C/C=C/C/C=C/CCCCCC(=O)O[C@H](COC(=O)CCCCCCCCCCCCCCCCCCCC)COP(=O)(O)OCC[N+](C)(C)C. The lowest BCUT2D eigenvalue weighted by atomic mass is 10.0. The lowest BCUT2D eigenvalue weighted by Crippen LogP contribution is -2.37. The molecule has 10 heteroatoms. The number of ether oxygens (including phenoxy) is 2. The zero-order valence-electron chi connectivity index (χ0n) is 40.1. The number of phosphoric ester groups is 1. The van der Waals surface area contributed by atoms with Crippen LogP contribution in [0.15, 0.2) is 48.6 Å². The highest BCUT2D eigenvalue weighted by atomic mass is 31.2. The average Bonchev–Trinajstić information content (AvgIpc) is 3.21. The van der Waals surface area contributed by atoms with Gasteiger partial charge in [0.1, 0.15) is 19.8 Å². The Kier molecular flexibility index (Phi) is 41.8. The van der Waals surface area contributed by atoms with Crippen LogP contribution in [0.3, 0.4) is 0 Å². The largest absolute Gasteiger partial charge is 0.472 e. The number of quaternary nitrogens is 1. The van der Waals surface area contributed by atoms with Crippen LogP contribution >= 0.6 is 7.82 Å². The van der Waals surface area contributed by atoms with E-state index in [2.05, 4.69) is 62.5 Å². The molecule has 2 atom stereocenters. The van der Waals surface area contributed by atoms with Crippen molar-refractivity contribution in [2.45, 2.75) is 219 Å². The van der Waals surface area contributed by atoms with Crippen molar-refractivity contribution in [2.24, 2.45) is 0 Å². The lowest BCUT2D eigenvalue weighted by molar-refractivity contribution is -0.870. The molecule has 0 aliphatic carbocycles. The third-order valence-electron chi connectivity index (χ3n) is 10.6. The fourth-order valence-electron chi connectivity index (χ4n) is 6.70. The van der Waals surface area contributed by atoms with Gasteiger partial charge in [0.15, 0.2) is 6.10 Å². The third kappa shape index (κ3) is 47.3. The van der Waals surface area contributed by atoms with Crippen molar-refractivity contribution in [2.75, 3.05) is 47.5 Å². The first-order chi connectivity index (χ1) is 29.5. The maximum atomic E-state index is 12.7. The minimum atomic E-state index is -4.39. The van der Waals surface area contributed by atoms with Gasteiger partial charge in [-0.1, -0.05) is 191 Å². The summed E-state index contributed by atoms with van der Waals surface area (Å²) in [5, 5.41) is 0. The maximum Gasteiger partial charge on any atom is 0.472 e. The normalized spacial score (nSPS) is 13.9. The molecule has 0 aromatic carbocycles. The third-order valence-corrected chi connectivity index (χ3v) is 11.6. The van der Waals surface area contributed by atoms with Gasteiger partial charge in [-0.2, -0.15) is 0 Å². The van der Waals surface area contributed by atoms with Crippen LogP contribution in [0.25, 0.3) is 0 Å². The van der Waals surface area contributed by atoms with Crippen molar-refractivity contribution in [3.05, 3.63) is 48.6 Å². The summed E-state index contributed by atoms with van der Waals surface area (Å²) < 4.78 is 34.4. The number of nitrogens with zero attached hydrogens (tertiary/aromatic N) is 1. The van der Waals surface area contributed by atoms with E-state index in [-0.39, 0.29) is 32.0 Å². The topological polar surface area (TPSA) is 108 Å². The molecule has 0 saturated carbocycles. The molecular formula is C51H95NO8P+. The summed E-state index contributed by atoms with van der Waals surface area (Å²) >= 11 is 0. The highest BCUT2D eigenvalue weighted by Gasteiger charge is 2.27. The molecule has 1 N–H and O–H groups in total. The van der Waals surface area contributed by atoms with Gasteiger partial charge in [0.05, 0.1) is 27.7 Å². The van der Waals surface area contributed by atoms with Crippen molar-refractivity contribution in [3.8, 4) is 0 Å². The number of carbonyl (C=O) groups is 2. The zero-order valence-corrected chi connectivity index (χ0v) is 41.0. The first-order valence-corrected chi connectivity index (χ1v) is 26.4. The summed E-state index contributed by atoms with van der Waals surface area (Å²) in [7, 11) is 1.46. The molecule has 0 radical (unpaired) electrons. The van der Waals surface area contributed by atoms with Gasteiger partial charge in [-0.25, -0.2) is 4.57 Å². The Hall–Kier alpha value is -2.03. The lowest BCUT2D eigenvalue weighted by Gasteiger charge is -2.24. The van der Waals surface area contributed by atoms with Crippen LogP contribution in [0.1, 0.15) is 213 Å². The molecule has 0 bridgehead atoms. The Bertz CT molecular complexity index is 1180. The standard InChI is InChI=1S/C51H94NO8P/c1-6-8-10-12-14-16-18-20-22-24-26-28-30-32-34-36-38-40-42-44-51(54)60-49(48-59-61(55,56)58-46-45-52(3,4)5)47-57-50(53)43-41-39-37-35-33-31-29-27-25-23-21-19-17-15-13-11-9-7-2/h14,16,20,22,26,28,32,34,49H,6-13,15,17-19,21,23-25,27,29-31,33,35-48H2,1-5H3/p+1/b16-14+,22-20+,28-26+,34-32+/t49-/m1/s1. The van der Waals surface area contributed by atoms with Crippen molar-refractivity contribution in [1.29, 1.82) is 0 Å². The molecular weight excluding hydrogens is 786 g/mol. The van der Waals surface area contributed by atoms with E-state index in [4.69, 9.17) is 18.5 Å². The van der Waals surface area contributed by atoms with Crippen LogP contribution in [0, 0.1) is 0 Å². The molecule has 0 rings (SSSR count). The van der Waals surface area contributed by atoms with Crippen molar-refractivity contribution >= 4 is 19.8 Å². The number of carbonyl (C=O) groups excluding carboxylic acids is 2. The smallest absolute Gasteiger partial charge is 0.462 e. The summed E-state index contributed by atoms with van der Waals surface area (Å²) in [6.07, 6.45) is 51.6. The number of phosphoric acid groups is 1. The number of hydrogen-bond acceptors (Lipinski definition) is 7. The van der Waals surface area contributed by atoms with E-state index < -0.39 is 26.5 Å². The Morgan fingerprint density at radius 1 is 0.508 bits per heavy atom. The first kappa shape index (κ1) is 59.0. The van der Waals surface area contributed by atoms with Gasteiger partial charge in [0.2, 0.25) is 0 Å². The average molecular weight is 881 g/mol. The van der Waals surface area contributed by atoms with E-state index in [1.165, 1.54) is 122 Å². The predicted molar refractivity (Wildman–Crippen MR) is 257 cm³/mol. The number of esters is 2. The van der Waals surface area contributed by atoms with E-state index in [1.54, 1.807) is 0 Å². The van der Waals surface area contributed by atoms with E-state index in [1.807, 2.05) is 21.1 Å². The van der Waals surface area contributed by atoms with Crippen LogP contribution in [0.4, 0.5) is 0 Å². The summed E-state index contributed by atoms with van der Waals surface area (Å²) in [6, 6.07) is 0. The van der Waals surface area contributed by atoms with Crippen LogP contribution in [0.5, 0.6) is 0 Å².